The van der Waals surface area contributed by atoms with Gasteiger partial charge >= 0.3 is 0 Å². The van der Waals surface area contributed by atoms with Crippen molar-refractivity contribution in [1.82, 2.24) is 5.32 Å². The van der Waals surface area contributed by atoms with Gasteiger partial charge in [0.05, 0.1) is 7.11 Å². The Bertz CT molecular complexity index is 536. The highest BCUT2D eigenvalue weighted by Gasteiger charge is 2.54. The number of nitrogens with one attached hydrogen (secondary N) is 1. The van der Waals surface area contributed by atoms with Gasteiger partial charge in [-0.1, -0.05) is 32.3 Å². The van der Waals surface area contributed by atoms with Crippen LogP contribution in [0.15, 0.2) is 18.2 Å². The van der Waals surface area contributed by atoms with Crippen molar-refractivity contribution in [3.05, 3.63) is 29.3 Å². The van der Waals surface area contributed by atoms with Crippen molar-refractivity contribution in [1.29, 1.82) is 0 Å². The molecule has 21 heavy (non-hydrogen) atoms. The Morgan fingerprint density at radius 1 is 1.33 bits per heavy atom. The van der Waals surface area contributed by atoms with Crippen LogP contribution in [0.25, 0.3) is 0 Å². The van der Waals surface area contributed by atoms with Gasteiger partial charge < -0.3 is 10.1 Å². The third-order valence-corrected chi connectivity index (χ3v) is 6.57. The number of methoxy groups -OCH3 is 1. The Balaban J connectivity index is 1.87. The molecule has 4 rings (SSSR count). The molecular formula is C19H27NO. The molecule has 0 radical (unpaired) electrons. The molecule has 1 aromatic carbocycles. The molecule has 1 aliphatic heterocycles. The minimum Gasteiger partial charge on any atom is -0.497 e. The van der Waals surface area contributed by atoms with Gasteiger partial charge in [0.1, 0.15) is 5.75 Å². The number of fused-ring (bicyclic) bond motifs is 1. The predicted octanol–water partition coefficient (Wildman–Crippen LogP) is 3.68. The van der Waals surface area contributed by atoms with Crippen LogP contribution < -0.4 is 10.1 Å². The van der Waals surface area contributed by atoms with Gasteiger partial charge in [0.15, 0.2) is 0 Å². The van der Waals surface area contributed by atoms with E-state index < -0.39 is 0 Å². The number of benzene rings is 1. The SMILES string of the molecule is CC[C@H]1CCC[C@]23CCN[C@H](Cc4ccc(OC)cc42)[C@@H]13. The van der Waals surface area contributed by atoms with Gasteiger partial charge in [0.25, 0.3) is 0 Å². The number of ether oxygens (including phenoxy) is 1. The lowest BCUT2D eigenvalue weighted by molar-refractivity contribution is 0.0275. The van der Waals surface area contributed by atoms with Crippen LogP contribution in [0.5, 0.6) is 5.75 Å². The Labute approximate surface area is 128 Å². The normalized spacial score (nSPS) is 37.5. The number of piperidine rings is 1. The van der Waals surface area contributed by atoms with Crippen molar-refractivity contribution in [2.75, 3.05) is 13.7 Å². The fourth-order valence-electron chi connectivity index (χ4n) is 5.76. The van der Waals surface area contributed by atoms with Crippen LogP contribution in [0.3, 0.4) is 0 Å². The zero-order chi connectivity index (χ0) is 14.4. The number of rotatable bonds is 2. The lowest BCUT2D eigenvalue weighted by atomic mass is 9.49. The molecule has 2 nitrogen and oxygen atoms in total. The van der Waals surface area contributed by atoms with E-state index >= 15 is 0 Å². The summed E-state index contributed by atoms with van der Waals surface area (Å²) in [5.74, 6) is 2.78. The van der Waals surface area contributed by atoms with Gasteiger partial charge in [-0.05, 0) is 60.9 Å². The highest BCUT2D eigenvalue weighted by Crippen LogP contribution is 2.56. The van der Waals surface area contributed by atoms with Crippen molar-refractivity contribution in [3.8, 4) is 5.75 Å². The standard InChI is InChI=1S/C19H27NO/c1-3-13-5-4-8-19-9-10-20-17(18(13)19)11-14-6-7-15(21-2)12-16(14)19/h6-7,12-13,17-18,20H,3-5,8-11H2,1-2H3/t13-,17+,18+,19-/m0/s1. The molecular weight excluding hydrogens is 258 g/mol. The first-order chi connectivity index (χ1) is 10.3. The van der Waals surface area contributed by atoms with Crippen LogP contribution in [0.2, 0.25) is 0 Å². The molecule has 4 atom stereocenters. The first kappa shape index (κ1) is 13.6. The second-order valence-corrected chi connectivity index (χ2v) is 7.28. The summed E-state index contributed by atoms with van der Waals surface area (Å²) in [5.41, 5.74) is 3.63. The second-order valence-electron chi connectivity index (χ2n) is 7.28. The largest absolute Gasteiger partial charge is 0.497 e. The molecule has 3 aliphatic rings. The van der Waals surface area contributed by atoms with Crippen LogP contribution in [0.4, 0.5) is 0 Å². The van der Waals surface area contributed by atoms with E-state index in [0.29, 0.717) is 11.5 Å². The molecule has 0 unspecified atom stereocenters. The predicted molar refractivity (Wildman–Crippen MR) is 85.9 cm³/mol. The lowest BCUT2D eigenvalue weighted by Crippen LogP contribution is -2.62. The van der Waals surface area contributed by atoms with Gasteiger partial charge in [0.2, 0.25) is 0 Å². The van der Waals surface area contributed by atoms with Gasteiger partial charge in [-0.3, -0.25) is 0 Å². The van der Waals surface area contributed by atoms with E-state index in [4.69, 9.17) is 4.74 Å². The molecule has 2 fully saturated rings. The average Bonchev–Trinajstić information content (AvgIpc) is 2.53. The van der Waals surface area contributed by atoms with E-state index in [1.807, 2.05) is 0 Å². The van der Waals surface area contributed by atoms with Crippen molar-refractivity contribution >= 4 is 0 Å². The van der Waals surface area contributed by atoms with Crippen LogP contribution >= 0.6 is 0 Å². The molecule has 0 aromatic heterocycles. The molecule has 2 aliphatic carbocycles. The van der Waals surface area contributed by atoms with Gasteiger partial charge in [-0.2, -0.15) is 0 Å². The zero-order valence-electron chi connectivity index (χ0n) is 13.3. The Kier molecular flexibility index (Phi) is 3.25. The van der Waals surface area contributed by atoms with Crippen molar-refractivity contribution in [2.24, 2.45) is 11.8 Å². The first-order valence-electron chi connectivity index (χ1n) is 8.69. The number of hydrogen-bond acceptors (Lipinski definition) is 2. The molecule has 1 saturated carbocycles. The van der Waals surface area contributed by atoms with E-state index in [0.717, 1.165) is 17.6 Å². The second kappa shape index (κ2) is 5.01. The molecule has 1 N–H and O–H groups in total. The van der Waals surface area contributed by atoms with Crippen molar-refractivity contribution < 1.29 is 4.74 Å². The Morgan fingerprint density at radius 3 is 3.05 bits per heavy atom. The van der Waals surface area contributed by atoms with E-state index in [1.165, 1.54) is 45.1 Å². The molecule has 2 bridgehead atoms. The summed E-state index contributed by atoms with van der Waals surface area (Å²) in [6.07, 6.45) is 8.07. The third-order valence-electron chi connectivity index (χ3n) is 6.57. The molecule has 2 heteroatoms. The Hall–Kier alpha value is -1.02. The maximum Gasteiger partial charge on any atom is 0.119 e. The molecule has 0 spiro atoms. The summed E-state index contributed by atoms with van der Waals surface area (Å²) in [4.78, 5) is 0. The molecule has 1 saturated heterocycles. The van der Waals surface area contributed by atoms with Gasteiger partial charge in [0, 0.05) is 11.5 Å². The van der Waals surface area contributed by atoms with Gasteiger partial charge in [-0.25, -0.2) is 0 Å². The first-order valence-corrected chi connectivity index (χ1v) is 8.69. The fourth-order valence-corrected chi connectivity index (χ4v) is 5.76. The zero-order valence-corrected chi connectivity index (χ0v) is 13.3. The fraction of sp³-hybridized carbons (Fsp3) is 0.684. The smallest absolute Gasteiger partial charge is 0.119 e. The molecule has 1 heterocycles. The summed E-state index contributed by atoms with van der Waals surface area (Å²) in [7, 11) is 1.79. The quantitative estimate of drug-likeness (QED) is 0.895. The van der Waals surface area contributed by atoms with Gasteiger partial charge in [-0.15, -0.1) is 0 Å². The van der Waals surface area contributed by atoms with Crippen LogP contribution in [-0.2, 0) is 11.8 Å². The topological polar surface area (TPSA) is 21.3 Å². The van der Waals surface area contributed by atoms with E-state index in [-0.39, 0.29) is 0 Å². The minimum atomic E-state index is 0.428. The summed E-state index contributed by atoms with van der Waals surface area (Å²) >= 11 is 0. The highest BCUT2D eigenvalue weighted by atomic mass is 16.5. The molecule has 1 aromatic rings. The summed E-state index contributed by atoms with van der Waals surface area (Å²) in [6.45, 7) is 3.58. The Morgan fingerprint density at radius 2 is 2.24 bits per heavy atom. The lowest BCUT2D eigenvalue weighted by Gasteiger charge is -2.58. The summed E-state index contributed by atoms with van der Waals surface area (Å²) in [5, 5.41) is 3.85. The highest BCUT2D eigenvalue weighted by molar-refractivity contribution is 5.45. The monoisotopic (exact) mass is 285 g/mol. The van der Waals surface area contributed by atoms with Crippen LogP contribution in [0.1, 0.15) is 50.2 Å². The van der Waals surface area contributed by atoms with Crippen LogP contribution in [-0.4, -0.2) is 19.7 Å². The van der Waals surface area contributed by atoms with E-state index in [9.17, 15) is 0 Å². The van der Waals surface area contributed by atoms with Crippen LogP contribution in [0, 0.1) is 11.8 Å². The maximum atomic E-state index is 5.53. The van der Waals surface area contributed by atoms with Crippen molar-refractivity contribution in [3.63, 3.8) is 0 Å². The third kappa shape index (κ3) is 1.88. The van der Waals surface area contributed by atoms with E-state index in [2.05, 4.69) is 30.4 Å². The number of hydrogen-bond donors (Lipinski definition) is 1. The van der Waals surface area contributed by atoms with E-state index in [1.54, 1.807) is 18.2 Å². The van der Waals surface area contributed by atoms with Crippen molar-refractivity contribution in [2.45, 2.75) is 56.9 Å². The molecule has 114 valence electrons. The summed E-state index contributed by atoms with van der Waals surface area (Å²) < 4.78 is 5.53. The minimum absolute atomic E-state index is 0.428. The molecule has 0 amide bonds. The average molecular weight is 285 g/mol. The maximum absolute atomic E-state index is 5.53. The summed E-state index contributed by atoms with van der Waals surface area (Å²) in [6, 6.07) is 7.53.